The van der Waals surface area contributed by atoms with E-state index in [1.54, 1.807) is 49.6 Å². The van der Waals surface area contributed by atoms with Gasteiger partial charge in [0, 0.05) is 18.0 Å². The molecule has 25 heavy (non-hydrogen) atoms. The number of esters is 1. The van der Waals surface area contributed by atoms with Gasteiger partial charge in [0.2, 0.25) is 5.88 Å². The van der Waals surface area contributed by atoms with Gasteiger partial charge in [0.1, 0.15) is 11.4 Å². The summed E-state index contributed by atoms with van der Waals surface area (Å²) < 4.78 is 10.7. The standard InChI is InChI=1S/C18H16N4O3/c1-2-24-18(23)12-5-7-14(8-6-12)25-17-15(19)11-21-16(22-17)13-4-3-9-20-10-13/h3-11H,2,19H2,1H3. The van der Waals surface area contributed by atoms with Gasteiger partial charge in [-0.05, 0) is 43.3 Å². The molecule has 126 valence electrons. The minimum atomic E-state index is -0.380. The number of benzene rings is 1. The maximum absolute atomic E-state index is 11.7. The van der Waals surface area contributed by atoms with Crippen LogP contribution in [-0.4, -0.2) is 27.5 Å². The molecule has 1 aromatic carbocycles. The first kappa shape index (κ1) is 16.4. The summed E-state index contributed by atoms with van der Waals surface area (Å²) in [6.07, 6.45) is 4.81. The molecule has 0 unspecified atom stereocenters. The van der Waals surface area contributed by atoms with E-state index in [4.69, 9.17) is 15.2 Å². The molecule has 0 fully saturated rings. The van der Waals surface area contributed by atoms with Crippen molar-refractivity contribution in [3.8, 4) is 23.0 Å². The molecular formula is C18H16N4O3. The van der Waals surface area contributed by atoms with Gasteiger partial charge in [0.25, 0.3) is 0 Å². The number of aromatic nitrogens is 3. The smallest absolute Gasteiger partial charge is 0.338 e. The summed E-state index contributed by atoms with van der Waals surface area (Å²) in [6, 6.07) is 10.2. The van der Waals surface area contributed by atoms with Crippen LogP contribution in [0.4, 0.5) is 5.69 Å². The molecule has 0 spiro atoms. The molecule has 3 aromatic rings. The summed E-state index contributed by atoms with van der Waals surface area (Å²) in [6.45, 7) is 2.08. The van der Waals surface area contributed by atoms with Crippen LogP contribution in [-0.2, 0) is 4.74 Å². The van der Waals surface area contributed by atoms with E-state index in [9.17, 15) is 4.79 Å². The second kappa shape index (κ2) is 7.39. The van der Waals surface area contributed by atoms with Crippen LogP contribution in [0.15, 0.2) is 55.0 Å². The Kier molecular flexibility index (Phi) is 4.84. The summed E-state index contributed by atoms with van der Waals surface area (Å²) >= 11 is 0. The van der Waals surface area contributed by atoms with Gasteiger partial charge in [0.15, 0.2) is 5.82 Å². The van der Waals surface area contributed by atoms with Crippen LogP contribution in [0.5, 0.6) is 11.6 Å². The molecule has 7 heteroatoms. The van der Waals surface area contributed by atoms with Gasteiger partial charge in [-0.1, -0.05) is 0 Å². The number of carbonyl (C=O) groups is 1. The molecule has 0 aliphatic rings. The Bertz CT molecular complexity index is 867. The number of anilines is 1. The van der Waals surface area contributed by atoms with Gasteiger partial charge >= 0.3 is 5.97 Å². The van der Waals surface area contributed by atoms with Crippen LogP contribution < -0.4 is 10.5 Å². The Balaban J connectivity index is 1.82. The SMILES string of the molecule is CCOC(=O)c1ccc(Oc2nc(-c3cccnc3)ncc2N)cc1. The lowest BCUT2D eigenvalue weighted by Gasteiger charge is -2.09. The third-order valence-corrected chi connectivity index (χ3v) is 3.28. The van der Waals surface area contributed by atoms with Crippen molar-refractivity contribution in [3.05, 3.63) is 60.6 Å². The van der Waals surface area contributed by atoms with Gasteiger partial charge in [0.05, 0.1) is 18.4 Å². The predicted molar refractivity (Wildman–Crippen MR) is 92.1 cm³/mol. The van der Waals surface area contributed by atoms with Crippen LogP contribution in [0.25, 0.3) is 11.4 Å². The van der Waals surface area contributed by atoms with E-state index in [2.05, 4.69) is 15.0 Å². The Morgan fingerprint density at radius 3 is 2.64 bits per heavy atom. The first-order valence-corrected chi connectivity index (χ1v) is 7.65. The third kappa shape index (κ3) is 3.89. The summed E-state index contributed by atoms with van der Waals surface area (Å²) in [7, 11) is 0. The fourth-order valence-electron chi connectivity index (χ4n) is 2.08. The van der Waals surface area contributed by atoms with Crippen LogP contribution in [0.2, 0.25) is 0 Å². The predicted octanol–water partition coefficient (Wildman–Crippen LogP) is 3.09. The van der Waals surface area contributed by atoms with E-state index in [0.29, 0.717) is 29.4 Å². The highest BCUT2D eigenvalue weighted by Crippen LogP contribution is 2.27. The van der Waals surface area contributed by atoms with E-state index < -0.39 is 0 Å². The van der Waals surface area contributed by atoms with Crippen molar-refractivity contribution in [3.63, 3.8) is 0 Å². The second-order valence-electron chi connectivity index (χ2n) is 5.04. The Labute approximate surface area is 144 Å². The minimum absolute atomic E-state index is 0.234. The molecule has 2 heterocycles. The van der Waals surface area contributed by atoms with Crippen molar-refractivity contribution in [2.45, 2.75) is 6.92 Å². The summed E-state index contributed by atoms with van der Waals surface area (Å²) in [5.74, 6) is 0.809. The lowest BCUT2D eigenvalue weighted by atomic mass is 10.2. The molecule has 0 aliphatic heterocycles. The monoisotopic (exact) mass is 336 g/mol. The quantitative estimate of drug-likeness (QED) is 0.714. The fraction of sp³-hybridized carbons (Fsp3) is 0.111. The lowest BCUT2D eigenvalue weighted by Crippen LogP contribution is -2.04. The number of nitrogens with zero attached hydrogens (tertiary/aromatic N) is 3. The zero-order valence-corrected chi connectivity index (χ0v) is 13.5. The van der Waals surface area contributed by atoms with Crippen LogP contribution in [0.3, 0.4) is 0 Å². The van der Waals surface area contributed by atoms with Crippen molar-refractivity contribution >= 4 is 11.7 Å². The number of ether oxygens (including phenoxy) is 2. The number of carbonyl (C=O) groups excluding carboxylic acids is 1. The third-order valence-electron chi connectivity index (χ3n) is 3.28. The van der Waals surface area contributed by atoms with Gasteiger partial charge in [-0.15, -0.1) is 0 Å². The van der Waals surface area contributed by atoms with Crippen LogP contribution in [0, 0.1) is 0 Å². The zero-order valence-electron chi connectivity index (χ0n) is 13.5. The van der Waals surface area contributed by atoms with Crippen LogP contribution >= 0.6 is 0 Å². The molecule has 0 amide bonds. The molecule has 3 rings (SSSR count). The Hall–Kier alpha value is -3.48. The van der Waals surface area contributed by atoms with E-state index in [1.807, 2.05) is 6.07 Å². The maximum atomic E-state index is 11.7. The second-order valence-corrected chi connectivity index (χ2v) is 5.04. The van der Waals surface area contributed by atoms with Crippen molar-refractivity contribution in [1.29, 1.82) is 0 Å². The largest absolute Gasteiger partial charge is 0.462 e. The molecule has 2 N–H and O–H groups in total. The molecule has 0 aliphatic carbocycles. The Morgan fingerprint density at radius 2 is 1.96 bits per heavy atom. The lowest BCUT2D eigenvalue weighted by molar-refractivity contribution is 0.0526. The van der Waals surface area contributed by atoms with Crippen molar-refractivity contribution in [1.82, 2.24) is 15.0 Å². The van der Waals surface area contributed by atoms with Gasteiger partial charge in [-0.3, -0.25) is 4.98 Å². The first-order valence-electron chi connectivity index (χ1n) is 7.65. The normalized spacial score (nSPS) is 10.3. The summed E-state index contributed by atoms with van der Waals surface area (Å²) in [5.41, 5.74) is 7.40. The van der Waals surface area contributed by atoms with Crippen molar-refractivity contribution in [2.75, 3.05) is 12.3 Å². The average molecular weight is 336 g/mol. The zero-order chi connectivity index (χ0) is 17.6. The number of hydrogen-bond donors (Lipinski definition) is 1. The average Bonchev–Trinajstić information content (AvgIpc) is 2.65. The number of nitrogens with two attached hydrogens (primary N) is 1. The van der Waals surface area contributed by atoms with Gasteiger partial charge in [-0.2, -0.15) is 4.98 Å². The number of nitrogen functional groups attached to an aromatic ring is 1. The highest BCUT2D eigenvalue weighted by molar-refractivity contribution is 5.89. The van der Waals surface area contributed by atoms with Crippen LogP contribution in [0.1, 0.15) is 17.3 Å². The molecule has 0 saturated heterocycles. The first-order chi connectivity index (χ1) is 12.2. The molecular weight excluding hydrogens is 320 g/mol. The van der Waals surface area contributed by atoms with E-state index in [1.165, 1.54) is 6.20 Å². The van der Waals surface area contributed by atoms with Crippen molar-refractivity contribution in [2.24, 2.45) is 0 Å². The van der Waals surface area contributed by atoms with E-state index in [-0.39, 0.29) is 11.8 Å². The van der Waals surface area contributed by atoms with Gasteiger partial charge in [-0.25, -0.2) is 9.78 Å². The molecule has 0 radical (unpaired) electrons. The number of hydrogen-bond acceptors (Lipinski definition) is 7. The minimum Gasteiger partial charge on any atom is -0.462 e. The van der Waals surface area contributed by atoms with E-state index >= 15 is 0 Å². The van der Waals surface area contributed by atoms with E-state index in [0.717, 1.165) is 5.56 Å². The van der Waals surface area contributed by atoms with Gasteiger partial charge < -0.3 is 15.2 Å². The molecule has 2 aromatic heterocycles. The summed E-state index contributed by atoms with van der Waals surface area (Å²) in [5, 5.41) is 0. The number of pyridine rings is 1. The fourth-order valence-corrected chi connectivity index (χ4v) is 2.08. The molecule has 7 nitrogen and oxygen atoms in total. The highest BCUT2D eigenvalue weighted by Gasteiger charge is 2.10. The topological polar surface area (TPSA) is 100 Å². The maximum Gasteiger partial charge on any atom is 0.338 e. The Morgan fingerprint density at radius 1 is 1.16 bits per heavy atom. The molecule has 0 saturated carbocycles. The molecule has 0 bridgehead atoms. The summed E-state index contributed by atoms with van der Waals surface area (Å²) in [4.78, 5) is 24.2. The van der Waals surface area contributed by atoms with Crippen molar-refractivity contribution < 1.29 is 14.3 Å². The highest BCUT2D eigenvalue weighted by atomic mass is 16.5. The number of rotatable bonds is 5. The molecule has 0 atom stereocenters.